The molecule has 29 heavy (non-hydrogen) atoms. The molecule has 5 heteroatoms. The molecule has 1 saturated carbocycles. The van der Waals surface area contributed by atoms with Crippen molar-refractivity contribution in [1.82, 2.24) is 15.2 Å². The molecule has 1 aromatic rings. The fourth-order valence-corrected chi connectivity index (χ4v) is 3.17. The Morgan fingerprint density at radius 2 is 2.17 bits per heavy atom. The van der Waals surface area contributed by atoms with Gasteiger partial charge in [-0.05, 0) is 63.8 Å². The second-order valence-corrected chi connectivity index (χ2v) is 7.78. The minimum atomic E-state index is -0.184. The molecule has 1 aliphatic rings. The van der Waals surface area contributed by atoms with Gasteiger partial charge in [0.2, 0.25) is 0 Å². The van der Waals surface area contributed by atoms with E-state index in [1.807, 2.05) is 26.1 Å². The number of aryl methyl sites for hydroxylation is 1. The van der Waals surface area contributed by atoms with Crippen LogP contribution in [0.5, 0.6) is 5.88 Å². The molecule has 0 saturated heterocycles. The molecule has 1 amide bonds. The van der Waals surface area contributed by atoms with Gasteiger partial charge in [0.15, 0.2) is 5.88 Å². The topological polar surface area (TPSA) is 57.4 Å². The molecule has 1 aliphatic carbocycles. The summed E-state index contributed by atoms with van der Waals surface area (Å²) in [6.07, 6.45) is 8.21. The highest BCUT2D eigenvalue weighted by atomic mass is 16.5. The first-order valence-electron chi connectivity index (χ1n) is 10.2. The van der Waals surface area contributed by atoms with Crippen LogP contribution in [-0.2, 0) is 4.79 Å². The molecule has 0 aromatic carbocycles. The Balaban J connectivity index is 2.20. The number of carbonyl (C=O) groups is 1. The fraction of sp³-hybridized carbons (Fsp3) is 0.458. The van der Waals surface area contributed by atoms with E-state index in [9.17, 15) is 4.79 Å². The predicted molar refractivity (Wildman–Crippen MR) is 120 cm³/mol. The summed E-state index contributed by atoms with van der Waals surface area (Å²) in [5.74, 6) is 1.39. The zero-order valence-electron chi connectivity index (χ0n) is 18.5. The van der Waals surface area contributed by atoms with Gasteiger partial charge in [-0.2, -0.15) is 0 Å². The molecule has 1 fully saturated rings. The van der Waals surface area contributed by atoms with Crippen molar-refractivity contribution < 1.29 is 9.53 Å². The number of rotatable bonds is 11. The number of H-pyrrole nitrogens is 1. The summed E-state index contributed by atoms with van der Waals surface area (Å²) < 4.78 is 5.95. The third kappa shape index (κ3) is 5.97. The van der Waals surface area contributed by atoms with Crippen molar-refractivity contribution in [2.75, 3.05) is 27.2 Å². The van der Waals surface area contributed by atoms with E-state index in [1.165, 1.54) is 12.8 Å². The van der Waals surface area contributed by atoms with Gasteiger partial charge in [-0.1, -0.05) is 31.4 Å². The van der Waals surface area contributed by atoms with Crippen molar-refractivity contribution in [1.29, 1.82) is 0 Å². The normalized spacial score (nSPS) is 15.9. The van der Waals surface area contributed by atoms with Crippen LogP contribution in [0, 0.1) is 12.8 Å². The van der Waals surface area contributed by atoms with Crippen LogP contribution in [0.3, 0.4) is 0 Å². The molecule has 2 N–H and O–H groups in total. The highest BCUT2D eigenvalue weighted by Gasteiger charge is 2.24. The number of ether oxygens (including phenoxy) is 1. The number of hydrogen-bond acceptors (Lipinski definition) is 3. The lowest BCUT2D eigenvalue weighted by molar-refractivity contribution is -0.116. The lowest BCUT2D eigenvalue weighted by Crippen LogP contribution is -2.29. The van der Waals surface area contributed by atoms with E-state index in [-0.39, 0.29) is 11.9 Å². The lowest BCUT2D eigenvalue weighted by Gasteiger charge is -2.26. The van der Waals surface area contributed by atoms with Crippen LogP contribution in [0.15, 0.2) is 54.2 Å². The van der Waals surface area contributed by atoms with Gasteiger partial charge >= 0.3 is 0 Å². The molecule has 1 aromatic heterocycles. The molecule has 0 spiro atoms. The summed E-state index contributed by atoms with van der Waals surface area (Å²) in [7, 11) is 3.66. The van der Waals surface area contributed by atoms with E-state index in [1.54, 1.807) is 13.1 Å². The quantitative estimate of drug-likeness (QED) is 0.428. The Kier molecular flexibility index (Phi) is 8.09. The summed E-state index contributed by atoms with van der Waals surface area (Å²) >= 11 is 0. The zero-order chi connectivity index (χ0) is 21.6. The number of nitrogens with one attached hydrogen (secondary N) is 2. The molecule has 1 heterocycles. The predicted octanol–water partition coefficient (Wildman–Crippen LogP) is 4.47. The number of nitrogens with zero attached hydrogens (tertiary/aromatic N) is 1. The van der Waals surface area contributed by atoms with Gasteiger partial charge in [-0.15, -0.1) is 0 Å². The summed E-state index contributed by atoms with van der Waals surface area (Å²) in [4.78, 5) is 17.9. The SMILES string of the molecule is C=CC(/C=C\C)=C(\CN(C)C(C)c1cc(C)c(OCC2CC2)[nH]1)C(=C)C(=O)NC. The first kappa shape index (κ1) is 22.8. The largest absolute Gasteiger partial charge is 0.478 e. The molecular formula is C24H35N3O2. The monoisotopic (exact) mass is 397 g/mol. The minimum Gasteiger partial charge on any atom is -0.478 e. The molecule has 0 radical (unpaired) electrons. The van der Waals surface area contributed by atoms with Gasteiger partial charge < -0.3 is 15.0 Å². The van der Waals surface area contributed by atoms with Crippen LogP contribution in [0.2, 0.25) is 0 Å². The Morgan fingerprint density at radius 3 is 2.72 bits per heavy atom. The van der Waals surface area contributed by atoms with E-state index in [2.05, 4.69) is 48.3 Å². The van der Waals surface area contributed by atoms with Crippen LogP contribution in [0.1, 0.15) is 44.0 Å². The molecule has 0 aliphatic heterocycles. The van der Waals surface area contributed by atoms with Crippen molar-refractivity contribution in [2.24, 2.45) is 5.92 Å². The molecule has 5 nitrogen and oxygen atoms in total. The maximum Gasteiger partial charge on any atom is 0.250 e. The fourth-order valence-electron chi connectivity index (χ4n) is 3.17. The number of aromatic nitrogens is 1. The first-order chi connectivity index (χ1) is 13.8. The third-order valence-electron chi connectivity index (χ3n) is 5.45. The molecule has 1 atom stereocenters. The van der Waals surface area contributed by atoms with Crippen LogP contribution >= 0.6 is 0 Å². The summed E-state index contributed by atoms with van der Waals surface area (Å²) in [5, 5.41) is 2.67. The number of carbonyl (C=O) groups excluding carboxylic acids is 1. The van der Waals surface area contributed by atoms with Crippen molar-refractivity contribution in [3.8, 4) is 5.88 Å². The van der Waals surface area contributed by atoms with Crippen LogP contribution < -0.4 is 10.1 Å². The maximum absolute atomic E-state index is 12.2. The van der Waals surface area contributed by atoms with Crippen LogP contribution in [0.4, 0.5) is 0 Å². The average Bonchev–Trinajstić information content (AvgIpc) is 3.48. The average molecular weight is 398 g/mol. The van der Waals surface area contributed by atoms with Gasteiger partial charge in [-0.25, -0.2) is 0 Å². The molecular weight excluding hydrogens is 362 g/mol. The second-order valence-electron chi connectivity index (χ2n) is 7.78. The highest BCUT2D eigenvalue weighted by Crippen LogP contribution is 2.31. The Labute approximate surface area is 175 Å². The summed E-state index contributed by atoms with van der Waals surface area (Å²) in [6, 6.07) is 2.25. The van der Waals surface area contributed by atoms with E-state index in [4.69, 9.17) is 4.74 Å². The van der Waals surface area contributed by atoms with Crippen molar-refractivity contribution in [3.63, 3.8) is 0 Å². The Hall–Kier alpha value is -2.53. The third-order valence-corrected chi connectivity index (χ3v) is 5.45. The van der Waals surface area contributed by atoms with Crippen molar-refractivity contribution in [3.05, 3.63) is 65.4 Å². The number of aromatic amines is 1. The number of amides is 1. The molecule has 2 rings (SSSR count). The van der Waals surface area contributed by atoms with Crippen molar-refractivity contribution in [2.45, 2.75) is 39.7 Å². The van der Waals surface area contributed by atoms with E-state index in [0.29, 0.717) is 18.0 Å². The second kappa shape index (κ2) is 10.3. The van der Waals surface area contributed by atoms with Crippen molar-refractivity contribution >= 4 is 5.91 Å². The number of likely N-dealkylation sites (N-methyl/N-ethyl adjacent to an activating group) is 2. The van der Waals surface area contributed by atoms with Gasteiger partial charge in [0.05, 0.1) is 6.61 Å². The smallest absolute Gasteiger partial charge is 0.250 e. The lowest BCUT2D eigenvalue weighted by atomic mass is 9.98. The minimum absolute atomic E-state index is 0.108. The number of allylic oxidation sites excluding steroid dienone is 4. The van der Waals surface area contributed by atoms with E-state index in [0.717, 1.165) is 34.9 Å². The van der Waals surface area contributed by atoms with Gasteiger partial charge in [0.1, 0.15) is 0 Å². The molecule has 1 unspecified atom stereocenters. The highest BCUT2D eigenvalue weighted by molar-refractivity contribution is 5.97. The first-order valence-corrected chi connectivity index (χ1v) is 10.2. The Bertz CT molecular complexity index is 812. The summed E-state index contributed by atoms with van der Waals surface area (Å²) in [5.41, 5.74) is 4.42. The van der Waals surface area contributed by atoms with Crippen LogP contribution in [0.25, 0.3) is 0 Å². The van der Waals surface area contributed by atoms with E-state index >= 15 is 0 Å². The van der Waals surface area contributed by atoms with Crippen LogP contribution in [-0.4, -0.2) is 43.0 Å². The zero-order valence-corrected chi connectivity index (χ0v) is 18.5. The molecule has 0 bridgehead atoms. The maximum atomic E-state index is 12.2. The van der Waals surface area contributed by atoms with Gasteiger partial charge in [0.25, 0.3) is 5.91 Å². The summed E-state index contributed by atoms with van der Waals surface area (Å²) in [6.45, 7) is 15.4. The Morgan fingerprint density at radius 1 is 1.48 bits per heavy atom. The van der Waals surface area contributed by atoms with Gasteiger partial charge in [0, 0.05) is 36.5 Å². The number of hydrogen-bond donors (Lipinski definition) is 2. The molecule has 158 valence electrons. The standard InChI is InChI=1S/C24H35N3O2/c1-8-10-20(9-2)21(17(4)23(28)25-6)14-27(7)18(5)22-13-16(3)24(26-22)29-15-19-11-12-19/h8-10,13,18-19,26H,2,4,11-12,14-15H2,1,3,5-7H3,(H,25,28)/b10-8-,21-20-. The van der Waals surface area contributed by atoms with Gasteiger partial charge in [-0.3, -0.25) is 9.69 Å². The van der Waals surface area contributed by atoms with E-state index < -0.39 is 0 Å².